The molecule has 2 aromatic carbocycles. The smallest absolute Gasteiger partial charge is 0.351 e. The standard InChI is InChI=1S/C36H40F2N12O8/c1-19(2)22-13-23(25(53)14-24(22)52)30-45-46-35(57)50(30)21-5-3-20(4-6-21)16-47-9-11-48(12-10-47)33-41-18-40-32(44-33)39-15-28(54)42-27-7-8-49(34(56)43-27)31-36(37,38)29(55)26(17-51)58-31/h3-8,13-14,18-19,26,29,31,51-53,55H,9-12,15-17H2,1-2H3,(H,46,57)(H,39,40,41,44)(H,42,43,54,56)/t26-,29-,31-/m1/s1. The van der Waals surface area contributed by atoms with Gasteiger partial charge in [0.05, 0.1) is 24.4 Å². The van der Waals surface area contributed by atoms with Crippen LogP contribution in [0.25, 0.3) is 17.1 Å². The van der Waals surface area contributed by atoms with Crippen molar-refractivity contribution in [3.8, 4) is 28.6 Å². The molecule has 2 saturated heterocycles. The second-order valence-corrected chi connectivity index (χ2v) is 14.0. The maximum atomic E-state index is 14.5. The lowest BCUT2D eigenvalue weighted by molar-refractivity contribution is -0.141. The number of rotatable bonds is 12. The summed E-state index contributed by atoms with van der Waals surface area (Å²) in [5.41, 5.74) is 0.812. The van der Waals surface area contributed by atoms with Gasteiger partial charge in [-0.2, -0.15) is 23.8 Å². The van der Waals surface area contributed by atoms with Crippen LogP contribution in [-0.2, 0) is 16.1 Å². The maximum absolute atomic E-state index is 14.5. The Morgan fingerprint density at radius 2 is 1.78 bits per heavy atom. The van der Waals surface area contributed by atoms with Crippen molar-refractivity contribution >= 4 is 23.6 Å². The van der Waals surface area contributed by atoms with Crippen molar-refractivity contribution in [3.05, 3.63) is 87.1 Å². The average Bonchev–Trinajstić information content (AvgIpc) is 3.69. The number of amides is 1. The van der Waals surface area contributed by atoms with E-state index in [1.54, 1.807) is 18.2 Å². The zero-order valence-electron chi connectivity index (χ0n) is 31.2. The van der Waals surface area contributed by atoms with Gasteiger partial charge in [-0.25, -0.2) is 29.2 Å². The molecule has 0 unspecified atom stereocenters. The summed E-state index contributed by atoms with van der Waals surface area (Å²) in [5, 5.41) is 51.6. The number of H-pyrrole nitrogens is 1. The number of aliphatic hydroxyl groups excluding tert-OH is 2. The van der Waals surface area contributed by atoms with Crippen LogP contribution in [0.15, 0.2) is 64.6 Å². The third-order valence-corrected chi connectivity index (χ3v) is 9.81. The molecule has 7 N–H and O–H groups in total. The molecule has 1 amide bonds. The topological polar surface area (TPSA) is 262 Å². The number of halogens is 2. The molecule has 7 rings (SSSR count). The van der Waals surface area contributed by atoms with Gasteiger partial charge in [-0.15, -0.1) is 0 Å². The van der Waals surface area contributed by atoms with Crippen molar-refractivity contribution in [1.29, 1.82) is 0 Å². The Kier molecular flexibility index (Phi) is 11.2. The van der Waals surface area contributed by atoms with Crippen molar-refractivity contribution < 1.29 is 38.7 Å². The Hall–Kier alpha value is -6.36. The second-order valence-electron chi connectivity index (χ2n) is 14.0. The van der Waals surface area contributed by atoms with Crippen molar-refractivity contribution in [2.75, 3.05) is 54.9 Å². The summed E-state index contributed by atoms with van der Waals surface area (Å²) in [4.78, 5) is 58.5. The van der Waals surface area contributed by atoms with E-state index in [0.717, 1.165) is 17.8 Å². The highest BCUT2D eigenvalue weighted by Crippen LogP contribution is 2.42. The first-order valence-electron chi connectivity index (χ1n) is 18.2. The third kappa shape index (κ3) is 8.07. The van der Waals surface area contributed by atoms with Gasteiger partial charge in [0.25, 0.3) is 0 Å². The fraction of sp³-hybridized carbons (Fsp3) is 0.389. The summed E-state index contributed by atoms with van der Waals surface area (Å²) in [6.07, 6.45) is -3.87. The van der Waals surface area contributed by atoms with E-state index in [1.807, 2.05) is 30.9 Å². The lowest BCUT2D eigenvalue weighted by Crippen LogP contribution is -2.46. The minimum absolute atomic E-state index is 0.0324. The van der Waals surface area contributed by atoms with Gasteiger partial charge < -0.3 is 40.7 Å². The number of phenolic OH excluding ortho intramolecular Hbond substituents is 2. The number of piperazine rings is 1. The average molecular weight is 807 g/mol. The first-order chi connectivity index (χ1) is 27.7. The second kappa shape index (κ2) is 16.2. The number of benzene rings is 2. The molecule has 0 saturated carbocycles. The molecule has 0 radical (unpaired) electrons. The lowest BCUT2D eigenvalue weighted by Gasteiger charge is -2.34. The molecule has 22 heteroatoms. The fourth-order valence-corrected chi connectivity index (χ4v) is 6.72. The zero-order valence-corrected chi connectivity index (χ0v) is 31.2. The number of hydrogen-bond acceptors (Lipinski definition) is 16. The van der Waals surface area contributed by atoms with E-state index in [-0.39, 0.29) is 41.6 Å². The van der Waals surface area contributed by atoms with E-state index in [0.29, 0.717) is 60.1 Å². The number of nitrogens with zero attached hydrogens (tertiary/aromatic N) is 9. The van der Waals surface area contributed by atoms with Crippen LogP contribution in [0.5, 0.6) is 11.5 Å². The van der Waals surface area contributed by atoms with E-state index in [4.69, 9.17) is 4.74 Å². The summed E-state index contributed by atoms with van der Waals surface area (Å²) in [6, 6.07) is 11.4. The number of aromatic amines is 1. The summed E-state index contributed by atoms with van der Waals surface area (Å²) < 4.78 is 35.7. The van der Waals surface area contributed by atoms with E-state index in [2.05, 4.69) is 45.7 Å². The quantitative estimate of drug-likeness (QED) is 0.0918. The van der Waals surface area contributed by atoms with Crippen LogP contribution in [0.3, 0.4) is 0 Å². The molecule has 2 aliphatic rings. The lowest BCUT2D eigenvalue weighted by atomic mass is 9.98. The number of aromatic nitrogens is 8. The number of alkyl halides is 2. The summed E-state index contributed by atoms with van der Waals surface area (Å²) >= 11 is 0. The molecule has 0 aliphatic carbocycles. The Morgan fingerprint density at radius 1 is 1.03 bits per heavy atom. The number of aromatic hydroxyl groups is 2. The molecular formula is C36H40F2N12O8. The highest BCUT2D eigenvalue weighted by Gasteiger charge is 2.59. The SMILES string of the molecule is CC(C)c1cc(-c2n[nH]c(=O)n2-c2ccc(CN3CCN(c4ncnc(NCC(=O)Nc5ccn([C@@H]6O[C@H](CO)[C@@H](O)C6(F)F)c(=O)n5)n4)CC3)cc2)c(O)cc1O. The summed E-state index contributed by atoms with van der Waals surface area (Å²) in [5.74, 6) is -4.29. The predicted molar refractivity (Wildman–Crippen MR) is 202 cm³/mol. The molecular weight excluding hydrogens is 766 g/mol. The molecule has 3 aromatic heterocycles. The van der Waals surface area contributed by atoms with Gasteiger partial charge in [0, 0.05) is 45.0 Å². The molecule has 306 valence electrons. The van der Waals surface area contributed by atoms with Crippen molar-refractivity contribution in [1.82, 2.24) is 44.2 Å². The van der Waals surface area contributed by atoms with Crippen molar-refractivity contribution in [3.63, 3.8) is 0 Å². The van der Waals surface area contributed by atoms with E-state index in [1.165, 1.54) is 17.0 Å². The van der Waals surface area contributed by atoms with Gasteiger partial charge in [-0.05, 0) is 41.3 Å². The van der Waals surface area contributed by atoms with Crippen molar-refractivity contribution in [2.45, 2.75) is 50.7 Å². The molecule has 0 bridgehead atoms. The molecule has 58 heavy (non-hydrogen) atoms. The maximum Gasteiger partial charge on any atom is 0.351 e. The van der Waals surface area contributed by atoms with Gasteiger partial charge in [0.1, 0.15) is 29.7 Å². The molecule has 2 fully saturated rings. The summed E-state index contributed by atoms with van der Waals surface area (Å²) in [7, 11) is 0. The van der Waals surface area contributed by atoms with Gasteiger partial charge in [0.2, 0.25) is 24.0 Å². The normalized spacial score (nSPS) is 19.4. The van der Waals surface area contributed by atoms with Gasteiger partial charge in [0.15, 0.2) is 11.9 Å². The minimum Gasteiger partial charge on any atom is -0.508 e. The molecule has 20 nitrogen and oxygen atoms in total. The minimum atomic E-state index is -3.88. The number of anilines is 3. The van der Waals surface area contributed by atoms with E-state index in [9.17, 15) is 43.6 Å². The number of phenols is 2. The largest absolute Gasteiger partial charge is 0.508 e. The highest BCUT2D eigenvalue weighted by atomic mass is 19.3. The van der Waals surface area contributed by atoms with Gasteiger partial charge >= 0.3 is 17.3 Å². The monoisotopic (exact) mass is 806 g/mol. The van der Waals surface area contributed by atoms with Crippen LogP contribution < -0.4 is 26.9 Å². The van der Waals surface area contributed by atoms with Crippen LogP contribution in [0.2, 0.25) is 0 Å². The van der Waals surface area contributed by atoms with Gasteiger partial charge in [-0.1, -0.05) is 26.0 Å². The van der Waals surface area contributed by atoms with Crippen LogP contribution in [0.4, 0.5) is 26.5 Å². The van der Waals surface area contributed by atoms with Crippen molar-refractivity contribution in [2.24, 2.45) is 0 Å². The number of aliphatic hydroxyl groups is 2. The Balaban J connectivity index is 0.911. The first-order valence-corrected chi connectivity index (χ1v) is 18.2. The molecule has 3 atom stereocenters. The van der Waals surface area contributed by atoms with Crippen LogP contribution >= 0.6 is 0 Å². The molecule has 2 aliphatic heterocycles. The third-order valence-electron chi connectivity index (χ3n) is 9.81. The molecule has 0 spiro atoms. The summed E-state index contributed by atoms with van der Waals surface area (Å²) in [6.45, 7) is 5.79. The van der Waals surface area contributed by atoms with Crippen LogP contribution in [-0.4, -0.2) is 128 Å². The fourth-order valence-electron chi connectivity index (χ4n) is 6.72. The predicted octanol–water partition coefficient (Wildman–Crippen LogP) is 0.763. The Bertz CT molecular complexity index is 2400. The first kappa shape index (κ1) is 39.9. The van der Waals surface area contributed by atoms with E-state index < -0.39 is 48.3 Å². The van der Waals surface area contributed by atoms with Gasteiger partial charge in [-0.3, -0.25) is 14.3 Å². The molecule has 5 aromatic rings. The number of nitrogens with one attached hydrogen (secondary N) is 3. The zero-order chi connectivity index (χ0) is 41.3. The number of carbonyl (C=O) groups is 1. The highest BCUT2D eigenvalue weighted by molar-refractivity contribution is 5.92. The number of ether oxygens (including phenoxy) is 1. The van der Waals surface area contributed by atoms with Crippen LogP contribution in [0.1, 0.15) is 37.1 Å². The number of hydrogen-bond donors (Lipinski definition) is 7. The number of carbonyl (C=O) groups excluding carboxylic acids is 1. The Morgan fingerprint density at radius 3 is 2.45 bits per heavy atom. The van der Waals surface area contributed by atoms with E-state index >= 15 is 0 Å². The molecule has 5 heterocycles. The Labute approximate surface area is 327 Å². The van der Waals surface area contributed by atoms with Crippen LogP contribution in [0, 0.1) is 0 Å².